The van der Waals surface area contributed by atoms with Crippen LogP contribution in [0.5, 0.6) is 0 Å². The zero-order valence-corrected chi connectivity index (χ0v) is 12.1. The molecule has 1 atom stereocenters. The van der Waals surface area contributed by atoms with Crippen molar-refractivity contribution in [3.05, 3.63) is 44.8 Å². The van der Waals surface area contributed by atoms with Gasteiger partial charge in [0, 0.05) is 22.1 Å². The van der Waals surface area contributed by atoms with Gasteiger partial charge in [0.25, 0.3) is 5.91 Å². The molecule has 0 bridgehead atoms. The Kier molecular flexibility index (Phi) is 3.26. The van der Waals surface area contributed by atoms with E-state index in [1.54, 1.807) is 17.5 Å². The number of aromatic nitrogens is 1. The molecule has 3 nitrogen and oxygen atoms in total. The van der Waals surface area contributed by atoms with Gasteiger partial charge in [-0.3, -0.25) is 4.79 Å². The molecule has 5 heteroatoms. The zero-order valence-electron chi connectivity index (χ0n) is 9.73. The minimum absolute atomic E-state index is 0.0941. The first-order valence-electron chi connectivity index (χ1n) is 5.94. The number of hydrogen-bond acceptors (Lipinski definition) is 2. The van der Waals surface area contributed by atoms with E-state index < -0.39 is 0 Å². The van der Waals surface area contributed by atoms with E-state index in [4.69, 9.17) is 0 Å². The van der Waals surface area contributed by atoms with Crippen LogP contribution in [0.4, 0.5) is 0 Å². The van der Waals surface area contributed by atoms with Crippen LogP contribution in [-0.2, 0) is 0 Å². The molecule has 1 aliphatic heterocycles. The number of rotatable bonds is 2. The van der Waals surface area contributed by atoms with Crippen molar-refractivity contribution >= 4 is 33.2 Å². The molecule has 18 heavy (non-hydrogen) atoms. The van der Waals surface area contributed by atoms with Gasteiger partial charge >= 0.3 is 0 Å². The summed E-state index contributed by atoms with van der Waals surface area (Å²) in [6.07, 6.45) is 3.94. The lowest BCUT2D eigenvalue weighted by molar-refractivity contribution is 0.0732. The number of carbonyl (C=O) groups excluding carboxylic acids is 1. The molecule has 0 aliphatic carbocycles. The van der Waals surface area contributed by atoms with E-state index in [1.807, 2.05) is 17.0 Å². The van der Waals surface area contributed by atoms with Gasteiger partial charge in [-0.15, -0.1) is 11.3 Å². The molecule has 0 aromatic carbocycles. The van der Waals surface area contributed by atoms with Crippen LogP contribution in [0.15, 0.2) is 34.2 Å². The molecule has 0 saturated carbocycles. The van der Waals surface area contributed by atoms with E-state index in [2.05, 4.69) is 32.4 Å². The van der Waals surface area contributed by atoms with Crippen LogP contribution in [0.1, 0.15) is 34.2 Å². The number of carbonyl (C=O) groups is 1. The molecule has 0 radical (unpaired) electrons. The highest BCUT2D eigenvalue weighted by atomic mass is 79.9. The van der Waals surface area contributed by atoms with Gasteiger partial charge in [-0.2, -0.15) is 0 Å². The minimum Gasteiger partial charge on any atom is -0.356 e. The molecule has 1 unspecified atom stereocenters. The average molecular weight is 325 g/mol. The molecule has 2 aromatic rings. The Bertz CT molecular complexity index is 549. The Morgan fingerprint density at radius 2 is 2.44 bits per heavy atom. The fourth-order valence-corrected chi connectivity index (χ4v) is 3.65. The van der Waals surface area contributed by atoms with Gasteiger partial charge in [0.1, 0.15) is 5.69 Å². The van der Waals surface area contributed by atoms with E-state index in [0.29, 0.717) is 5.69 Å². The summed E-state index contributed by atoms with van der Waals surface area (Å²) in [7, 11) is 0. The van der Waals surface area contributed by atoms with Crippen molar-refractivity contribution < 1.29 is 4.79 Å². The van der Waals surface area contributed by atoms with Gasteiger partial charge in [0.2, 0.25) is 0 Å². The number of nitrogens with one attached hydrogen (secondary N) is 1. The van der Waals surface area contributed by atoms with Gasteiger partial charge in [-0.25, -0.2) is 0 Å². The molecule has 2 aromatic heterocycles. The van der Waals surface area contributed by atoms with Crippen molar-refractivity contribution in [1.82, 2.24) is 9.88 Å². The number of halogens is 1. The molecule has 1 amide bonds. The smallest absolute Gasteiger partial charge is 0.270 e. The molecule has 1 fully saturated rings. The Balaban J connectivity index is 1.85. The average Bonchev–Trinajstić information content (AvgIpc) is 3.08. The summed E-state index contributed by atoms with van der Waals surface area (Å²) in [5, 5.41) is 2.07. The Hall–Kier alpha value is -1.07. The lowest BCUT2D eigenvalue weighted by Gasteiger charge is -2.23. The summed E-state index contributed by atoms with van der Waals surface area (Å²) >= 11 is 5.09. The van der Waals surface area contributed by atoms with Crippen molar-refractivity contribution in [3.8, 4) is 0 Å². The van der Waals surface area contributed by atoms with Crippen LogP contribution in [0.25, 0.3) is 0 Å². The van der Waals surface area contributed by atoms with Crippen molar-refractivity contribution in [2.24, 2.45) is 0 Å². The quantitative estimate of drug-likeness (QED) is 0.895. The van der Waals surface area contributed by atoms with Gasteiger partial charge < -0.3 is 9.88 Å². The lowest BCUT2D eigenvalue weighted by atomic mass is 10.2. The second kappa shape index (κ2) is 4.90. The molecule has 1 saturated heterocycles. The van der Waals surface area contributed by atoms with E-state index in [1.165, 1.54) is 4.88 Å². The maximum absolute atomic E-state index is 12.4. The summed E-state index contributed by atoms with van der Waals surface area (Å²) in [5.41, 5.74) is 0.658. The van der Waals surface area contributed by atoms with Crippen LogP contribution in [0, 0.1) is 0 Å². The maximum atomic E-state index is 12.4. The van der Waals surface area contributed by atoms with Gasteiger partial charge in [0.05, 0.1) is 6.04 Å². The predicted molar refractivity (Wildman–Crippen MR) is 75.8 cm³/mol. The van der Waals surface area contributed by atoms with Crippen molar-refractivity contribution in [3.63, 3.8) is 0 Å². The summed E-state index contributed by atoms with van der Waals surface area (Å²) in [6, 6.07) is 6.25. The molecule has 3 heterocycles. The highest BCUT2D eigenvalue weighted by molar-refractivity contribution is 9.10. The third kappa shape index (κ3) is 2.12. The molecule has 3 rings (SSSR count). The number of hydrogen-bond donors (Lipinski definition) is 1. The number of H-pyrrole nitrogens is 1. The maximum Gasteiger partial charge on any atom is 0.270 e. The number of nitrogens with zero attached hydrogens (tertiary/aromatic N) is 1. The molecule has 1 N–H and O–H groups in total. The van der Waals surface area contributed by atoms with Crippen LogP contribution in [-0.4, -0.2) is 22.3 Å². The molecular formula is C13H13BrN2OS. The monoisotopic (exact) mass is 324 g/mol. The number of likely N-dealkylation sites (tertiary alicyclic amines) is 1. The highest BCUT2D eigenvalue weighted by Crippen LogP contribution is 2.35. The SMILES string of the molecule is O=C(c1cc(Br)c[nH]1)N1CCCC1c1cccs1. The molecule has 1 aliphatic rings. The summed E-state index contributed by atoms with van der Waals surface area (Å²) in [4.78, 5) is 18.7. The zero-order chi connectivity index (χ0) is 12.5. The van der Waals surface area contributed by atoms with E-state index in [9.17, 15) is 4.79 Å². The van der Waals surface area contributed by atoms with Crippen molar-refractivity contribution in [2.45, 2.75) is 18.9 Å². The second-order valence-electron chi connectivity index (χ2n) is 4.40. The third-order valence-electron chi connectivity index (χ3n) is 3.26. The largest absolute Gasteiger partial charge is 0.356 e. The first-order valence-corrected chi connectivity index (χ1v) is 7.61. The van der Waals surface area contributed by atoms with E-state index >= 15 is 0 Å². The summed E-state index contributed by atoms with van der Waals surface area (Å²) in [6.45, 7) is 0.845. The normalized spacial score (nSPS) is 19.4. The Labute approximate surface area is 118 Å². The number of amides is 1. The van der Waals surface area contributed by atoms with Crippen LogP contribution in [0.2, 0.25) is 0 Å². The predicted octanol–water partition coefficient (Wildman–Crippen LogP) is 3.82. The third-order valence-corrected chi connectivity index (χ3v) is 4.69. The molecule has 0 spiro atoms. The van der Waals surface area contributed by atoms with Gasteiger partial charge in [-0.1, -0.05) is 6.07 Å². The van der Waals surface area contributed by atoms with Crippen molar-refractivity contribution in [2.75, 3.05) is 6.54 Å². The topological polar surface area (TPSA) is 36.1 Å². The van der Waals surface area contributed by atoms with Gasteiger partial charge in [-0.05, 0) is 46.3 Å². The van der Waals surface area contributed by atoms with E-state index in [0.717, 1.165) is 23.9 Å². The highest BCUT2D eigenvalue weighted by Gasteiger charge is 2.31. The van der Waals surface area contributed by atoms with Crippen molar-refractivity contribution in [1.29, 1.82) is 0 Å². The van der Waals surface area contributed by atoms with Gasteiger partial charge in [0.15, 0.2) is 0 Å². The standard InChI is InChI=1S/C13H13BrN2OS/c14-9-7-10(15-8-9)13(17)16-5-1-3-11(16)12-4-2-6-18-12/h2,4,6-8,11,15H,1,3,5H2. The second-order valence-corrected chi connectivity index (χ2v) is 6.30. The lowest BCUT2D eigenvalue weighted by Crippen LogP contribution is -2.30. The van der Waals surface area contributed by atoms with Crippen LogP contribution >= 0.6 is 27.3 Å². The van der Waals surface area contributed by atoms with E-state index in [-0.39, 0.29) is 11.9 Å². The fraction of sp³-hybridized carbons (Fsp3) is 0.308. The first-order chi connectivity index (χ1) is 8.75. The first kappa shape index (κ1) is 12.0. The number of thiophene rings is 1. The van der Waals surface area contributed by atoms with Crippen LogP contribution in [0.3, 0.4) is 0 Å². The Morgan fingerprint density at radius 3 is 3.11 bits per heavy atom. The van der Waals surface area contributed by atoms with Crippen LogP contribution < -0.4 is 0 Å². The minimum atomic E-state index is 0.0941. The Morgan fingerprint density at radius 1 is 1.56 bits per heavy atom. The molecular weight excluding hydrogens is 312 g/mol. The summed E-state index contributed by atoms with van der Waals surface area (Å²) in [5.74, 6) is 0.0941. The fourth-order valence-electron chi connectivity index (χ4n) is 2.43. The summed E-state index contributed by atoms with van der Waals surface area (Å²) < 4.78 is 0.915. The molecule has 94 valence electrons. The number of aromatic amines is 1.